The number of hydrogen-bond acceptors (Lipinski definition) is 5. The number of carbonyl (C=O) groups excluding carboxylic acids is 2. The van der Waals surface area contributed by atoms with Crippen LogP contribution in [0.5, 0.6) is 0 Å². The highest BCUT2D eigenvalue weighted by Crippen LogP contribution is 2.15. The predicted octanol–water partition coefficient (Wildman–Crippen LogP) is 0.850. The second-order valence-electron chi connectivity index (χ2n) is 4.65. The zero-order valence-electron chi connectivity index (χ0n) is 12.4. The number of hydrogen-bond donors (Lipinski definition) is 2. The van der Waals surface area contributed by atoms with E-state index in [1.807, 2.05) is 13.8 Å². The van der Waals surface area contributed by atoms with Gasteiger partial charge in [-0.2, -0.15) is 5.10 Å². The summed E-state index contributed by atoms with van der Waals surface area (Å²) < 4.78 is 4.84. The first-order valence-electron chi connectivity index (χ1n) is 6.59. The van der Waals surface area contributed by atoms with E-state index in [0.29, 0.717) is 18.8 Å². The van der Waals surface area contributed by atoms with Crippen molar-refractivity contribution in [2.45, 2.75) is 27.2 Å². The largest absolute Gasteiger partial charge is 0.466 e. The molecule has 0 atom stereocenters. The van der Waals surface area contributed by atoms with Crippen molar-refractivity contribution in [1.29, 1.82) is 0 Å². The van der Waals surface area contributed by atoms with E-state index in [0.717, 1.165) is 11.4 Å². The molecule has 1 amide bonds. The minimum Gasteiger partial charge on any atom is -0.466 e. The van der Waals surface area contributed by atoms with Crippen LogP contribution in [0.25, 0.3) is 0 Å². The molecule has 0 saturated heterocycles. The lowest BCUT2D eigenvalue weighted by Gasteiger charge is -2.15. The average molecular weight is 282 g/mol. The summed E-state index contributed by atoms with van der Waals surface area (Å²) in [6.45, 7) is 6.51. The van der Waals surface area contributed by atoms with E-state index in [1.54, 1.807) is 18.9 Å². The Kier molecular flexibility index (Phi) is 6.17. The fourth-order valence-corrected chi connectivity index (χ4v) is 1.75. The van der Waals surface area contributed by atoms with Gasteiger partial charge in [-0.1, -0.05) is 0 Å². The van der Waals surface area contributed by atoms with Gasteiger partial charge >= 0.3 is 5.97 Å². The monoisotopic (exact) mass is 282 g/mol. The van der Waals surface area contributed by atoms with Crippen molar-refractivity contribution in [2.24, 2.45) is 0 Å². The van der Waals surface area contributed by atoms with Gasteiger partial charge in [0, 0.05) is 6.54 Å². The van der Waals surface area contributed by atoms with E-state index in [2.05, 4.69) is 15.5 Å². The molecule has 0 unspecified atom stereocenters. The number of nitrogens with one attached hydrogen (secondary N) is 2. The Morgan fingerprint density at radius 1 is 1.40 bits per heavy atom. The number of anilines is 1. The van der Waals surface area contributed by atoms with E-state index in [-0.39, 0.29) is 24.8 Å². The lowest BCUT2D eigenvalue weighted by atomic mass is 10.3. The molecule has 7 heteroatoms. The molecule has 0 aliphatic heterocycles. The van der Waals surface area contributed by atoms with Crippen LogP contribution in [0.1, 0.15) is 24.7 Å². The molecule has 0 aromatic carbocycles. The summed E-state index contributed by atoms with van der Waals surface area (Å²) in [6, 6.07) is 0. The number of esters is 1. The quantitative estimate of drug-likeness (QED) is 0.724. The maximum Gasteiger partial charge on any atom is 0.307 e. The van der Waals surface area contributed by atoms with Crippen LogP contribution in [0.4, 0.5) is 5.69 Å². The van der Waals surface area contributed by atoms with Crippen LogP contribution in [0, 0.1) is 13.8 Å². The fourth-order valence-electron chi connectivity index (χ4n) is 1.75. The number of H-pyrrole nitrogens is 1. The second-order valence-corrected chi connectivity index (χ2v) is 4.65. The van der Waals surface area contributed by atoms with Crippen molar-refractivity contribution in [3.8, 4) is 0 Å². The third-order valence-electron chi connectivity index (χ3n) is 2.81. The Labute approximate surface area is 118 Å². The van der Waals surface area contributed by atoms with Gasteiger partial charge in [0.1, 0.15) is 0 Å². The van der Waals surface area contributed by atoms with Crippen LogP contribution >= 0.6 is 0 Å². The standard InChI is InChI=1S/C13H22N4O3/c1-5-20-12(19)6-7-17(4)8-11(18)14-13-9(2)15-16-10(13)3/h5-8H2,1-4H3,(H,14,18)(H,15,16). The van der Waals surface area contributed by atoms with Gasteiger partial charge in [-0.05, 0) is 27.8 Å². The van der Waals surface area contributed by atoms with Gasteiger partial charge in [-0.25, -0.2) is 0 Å². The Balaban J connectivity index is 2.37. The van der Waals surface area contributed by atoms with E-state index >= 15 is 0 Å². The first-order chi connectivity index (χ1) is 9.43. The van der Waals surface area contributed by atoms with Gasteiger partial charge < -0.3 is 10.1 Å². The van der Waals surface area contributed by atoms with E-state index in [4.69, 9.17) is 4.74 Å². The molecular formula is C13H22N4O3. The summed E-state index contributed by atoms with van der Waals surface area (Å²) in [5.41, 5.74) is 2.30. The van der Waals surface area contributed by atoms with Crippen LogP contribution in [0.2, 0.25) is 0 Å². The van der Waals surface area contributed by atoms with Crippen LogP contribution < -0.4 is 5.32 Å². The molecule has 0 spiro atoms. The molecule has 7 nitrogen and oxygen atoms in total. The molecule has 112 valence electrons. The highest BCUT2D eigenvalue weighted by atomic mass is 16.5. The van der Waals surface area contributed by atoms with E-state index in [9.17, 15) is 9.59 Å². The minimum absolute atomic E-state index is 0.135. The van der Waals surface area contributed by atoms with Crippen molar-refractivity contribution in [2.75, 3.05) is 32.1 Å². The van der Waals surface area contributed by atoms with Crippen molar-refractivity contribution in [3.63, 3.8) is 0 Å². The van der Waals surface area contributed by atoms with Crippen LogP contribution in [0.3, 0.4) is 0 Å². The van der Waals surface area contributed by atoms with Gasteiger partial charge in [-0.15, -0.1) is 0 Å². The van der Waals surface area contributed by atoms with Gasteiger partial charge in [0.25, 0.3) is 0 Å². The zero-order valence-corrected chi connectivity index (χ0v) is 12.4. The SMILES string of the molecule is CCOC(=O)CCN(C)CC(=O)Nc1c(C)n[nH]c1C. The first kappa shape index (κ1) is 16.2. The van der Waals surface area contributed by atoms with E-state index < -0.39 is 0 Å². The number of ether oxygens (including phenoxy) is 1. The van der Waals surface area contributed by atoms with Crippen LogP contribution in [-0.4, -0.2) is 53.7 Å². The molecule has 1 heterocycles. The fraction of sp³-hybridized carbons (Fsp3) is 0.615. The summed E-state index contributed by atoms with van der Waals surface area (Å²) in [5, 5.41) is 9.64. The summed E-state index contributed by atoms with van der Waals surface area (Å²) in [4.78, 5) is 24.9. The lowest BCUT2D eigenvalue weighted by molar-refractivity contribution is -0.143. The smallest absolute Gasteiger partial charge is 0.307 e. The van der Waals surface area contributed by atoms with Crippen molar-refractivity contribution < 1.29 is 14.3 Å². The topological polar surface area (TPSA) is 87.3 Å². The molecule has 0 aliphatic carbocycles. The predicted molar refractivity (Wildman–Crippen MR) is 75.4 cm³/mol. The van der Waals surface area contributed by atoms with Gasteiger partial charge in [0.2, 0.25) is 5.91 Å². The molecule has 0 saturated carbocycles. The average Bonchev–Trinajstić information content (AvgIpc) is 2.68. The van der Waals surface area contributed by atoms with Gasteiger partial charge in [0.05, 0.1) is 36.6 Å². The number of aryl methyl sites for hydroxylation is 2. The molecule has 1 rings (SSSR count). The van der Waals surface area contributed by atoms with Crippen LogP contribution in [-0.2, 0) is 14.3 Å². The number of nitrogens with zero attached hydrogens (tertiary/aromatic N) is 2. The normalized spacial score (nSPS) is 10.7. The molecule has 1 aromatic rings. The molecule has 1 aromatic heterocycles. The molecule has 2 N–H and O–H groups in total. The maximum atomic E-state index is 11.9. The highest BCUT2D eigenvalue weighted by molar-refractivity contribution is 5.93. The van der Waals surface area contributed by atoms with Gasteiger partial charge in [0.15, 0.2) is 0 Å². The third kappa shape index (κ3) is 5.00. The summed E-state index contributed by atoms with van der Waals surface area (Å²) in [5.74, 6) is -0.384. The van der Waals surface area contributed by atoms with Crippen LogP contribution in [0.15, 0.2) is 0 Å². The van der Waals surface area contributed by atoms with Crippen molar-refractivity contribution in [1.82, 2.24) is 15.1 Å². The molecule has 0 bridgehead atoms. The molecule has 0 radical (unpaired) electrons. The molecule has 20 heavy (non-hydrogen) atoms. The summed E-state index contributed by atoms with van der Waals surface area (Å²) in [6.07, 6.45) is 0.279. The van der Waals surface area contributed by atoms with E-state index in [1.165, 1.54) is 0 Å². The first-order valence-corrected chi connectivity index (χ1v) is 6.59. The second kappa shape index (κ2) is 7.64. The Hall–Kier alpha value is -1.89. The summed E-state index contributed by atoms with van der Waals surface area (Å²) >= 11 is 0. The number of carbonyl (C=O) groups is 2. The number of likely N-dealkylation sites (N-methyl/N-ethyl adjacent to an activating group) is 1. The van der Waals surface area contributed by atoms with Crippen molar-refractivity contribution in [3.05, 3.63) is 11.4 Å². The third-order valence-corrected chi connectivity index (χ3v) is 2.81. The Bertz CT molecular complexity index is 451. The molecular weight excluding hydrogens is 260 g/mol. The minimum atomic E-state index is -0.249. The molecule has 0 aliphatic rings. The Morgan fingerprint density at radius 2 is 2.10 bits per heavy atom. The zero-order chi connectivity index (χ0) is 15.1. The maximum absolute atomic E-state index is 11.9. The number of amides is 1. The number of aromatic amines is 1. The van der Waals surface area contributed by atoms with Crippen molar-refractivity contribution >= 4 is 17.6 Å². The number of rotatable bonds is 7. The summed E-state index contributed by atoms with van der Waals surface area (Å²) in [7, 11) is 1.79. The lowest BCUT2D eigenvalue weighted by Crippen LogP contribution is -2.32. The number of aromatic nitrogens is 2. The van der Waals surface area contributed by atoms with Gasteiger partial charge in [-0.3, -0.25) is 19.6 Å². The highest BCUT2D eigenvalue weighted by Gasteiger charge is 2.13. The Morgan fingerprint density at radius 3 is 2.65 bits per heavy atom. The molecule has 0 fully saturated rings.